The van der Waals surface area contributed by atoms with E-state index >= 15 is 0 Å². The number of carbonyl (C=O) groups is 3. The Morgan fingerprint density at radius 2 is 2.00 bits per heavy atom. The minimum Gasteiger partial charge on any atom is -0.385 e. The molecule has 3 amide bonds. The molecule has 3 aliphatic rings. The van der Waals surface area contributed by atoms with Crippen molar-refractivity contribution in [3.8, 4) is 11.5 Å². The van der Waals surface area contributed by atoms with Gasteiger partial charge in [-0.1, -0.05) is 37.2 Å². The molecule has 6 rings (SSSR count). The number of aromatic nitrogens is 3. The number of imide groups is 1. The Kier molecular flexibility index (Phi) is 6.07. The molecular weight excluding hydrogens is 500 g/mol. The predicted molar refractivity (Wildman–Crippen MR) is 138 cm³/mol. The van der Waals surface area contributed by atoms with Crippen molar-refractivity contribution in [1.29, 1.82) is 0 Å². The number of fused-ring (bicyclic) bond motifs is 1. The summed E-state index contributed by atoms with van der Waals surface area (Å²) in [5.74, 6) is -0.511. The highest BCUT2D eigenvalue weighted by Gasteiger charge is 2.49. The van der Waals surface area contributed by atoms with Crippen LogP contribution < -0.4 is 5.32 Å². The van der Waals surface area contributed by atoms with Crippen LogP contribution in [0.3, 0.4) is 0 Å². The van der Waals surface area contributed by atoms with E-state index in [1.165, 1.54) is 11.3 Å². The third kappa shape index (κ3) is 4.41. The van der Waals surface area contributed by atoms with Crippen LogP contribution in [0.4, 0.5) is 0 Å². The van der Waals surface area contributed by atoms with E-state index in [0.717, 1.165) is 16.7 Å². The second-order valence-electron chi connectivity index (χ2n) is 11.3. The van der Waals surface area contributed by atoms with Gasteiger partial charge in [-0.25, -0.2) is 0 Å². The zero-order valence-electron chi connectivity index (χ0n) is 21.9. The Labute approximate surface area is 225 Å². The first-order chi connectivity index (χ1) is 18.6. The van der Waals surface area contributed by atoms with E-state index in [1.54, 1.807) is 6.07 Å². The van der Waals surface area contributed by atoms with Gasteiger partial charge in [0.2, 0.25) is 24.0 Å². The van der Waals surface area contributed by atoms with Gasteiger partial charge in [0, 0.05) is 49.8 Å². The van der Waals surface area contributed by atoms with Crippen molar-refractivity contribution in [2.24, 2.45) is 5.41 Å². The van der Waals surface area contributed by atoms with Gasteiger partial charge < -0.3 is 14.5 Å². The number of nitrogens with one attached hydrogen (secondary N) is 1. The largest absolute Gasteiger partial charge is 0.385 e. The van der Waals surface area contributed by atoms with Gasteiger partial charge in [-0.2, -0.15) is 4.98 Å². The van der Waals surface area contributed by atoms with E-state index in [2.05, 4.69) is 39.2 Å². The monoisotopic (exact) mass is 530 g/mol. The molecule has 2 saturated heterocycles. The summed E-state index contributed by atoms with van der Waals surface area (Å²) < 4.78 is 4.79. The molecule has 0 radical (unpaired) electrons. The highest BCUT2D eigenvalue weighted by molar-refractivity contribution is 6.05. The van der Waals surface area contributed by atoms with Crippen molar-refractivity contribution in [3.63, 3.8) is 0 Å². The maximum absolute atomic E-state index is 13.1. The number of piperidine rings is 2. The lowest BCUT2D eigenvalue weighted by Gasteiger charge is -2.50. The third-order valence-electron chi connectivity index (χ3n) is 8.35. The Bertz CT molecular complexity index is 1440. The van der Waals surface area contributed by atoms with Gasteiger partial charge in [-0.05, 0) is 41.7 Å². The molecule has 11 nitrogen and oxygen atoms in total. The highest BCUT2D eigenvalue weighted by Crippen LogP contribution is 2.47. The molecule has 1 aromatic carbocycles. The van der Waals surface area contributed by atoms with Crippen molar-refractivity contribution in [3.05, 3.63) is 65.2 Å². The number of rotatable bonds is 5. The molecule has 3 aromatic rings. The van der Waals surface area contributed by atoms with E-state index in [1.807, 2.05) is 30.5 Å². The molecule has 2 N–H and O–H groups in total. The van der Waals surface area contributed by atoms with Crippen LogP contribution in [-0.4, -0.2) is 66.9 Å². The number of hydrogen-bond acceptors (Lipinski definition) is 9. The predicted octanol–water partition coefficient (Wildman–Crippen LogP) is 2.01. The van der Waals surface area contributed by atoms with E-state index in [9.17, 15) is 19.5 Å². The van der Waals surface area contributed by atoms with Crippen LogP contribution in [0.5, 0.6) is 0 Å². The molecule has 1 unspecified atom stereocenters. The molecular formula is C28H30N6O5. The summed E-state index contributed by atoms with van der Waals surface area (Å²) in [6.45, 7) is 6.44. The van der Waals surface area contributed by atoms with Crippen molar-refractivity contribution >= 4 is 17.7 Å². The molecule has 0 aliphatic carbocycles. The lowest BCUT2D eigenvalue weighted by molar-refractivity contribution is -0.136. The van der Waals surface area contributed by atoms with Gasteiger partial charge in [0.25, 0.3) is 5.91 Å². The lowest BCUT2D eigenvalue weighted by Crippen LogP contribution is -2.55. The first-order valence-electron chi connectivity index (χ1n) is 13.1. The normalized spacial score (nSPS) is 25.1. The minimum absolute atomic E-state index is 0.214. The van der Waals surface area contributed by atoms with Gasteiger partial charge in [-0.15, -0.1) is 0 Å². The summed E-state index contributed by atoms with van der Waals surface area (Å²) >= 11 is 0. The second-order valence-corrected chi connectivity index (χ2v) is 11.3. The van der Waals surface area contributed by atoms with Crippen molar-refractivity contribution < 1.29 is 24.0 Å². The Morgan fingerprint density at radius 3 is 2.69 bits per heavy atom. The number of nitrogens with zero attached hydrogens (tertiary/aromatic N) is 5. The quantitative estimate of drug-likeness (QED) is 0.474. The maximum Gasteiger partial charge on any atom is 0.255 e. The third-order valence-corrected chi connectivity index (χ3v) is 8.35. The highest BCUT2D eigenvalue weighted by atomic mass is 16.5. The van der Waals surface area contributed by atoms with E-state index in [0.29, 0.717) is 49.6 Å². The summed E-state index contributed by atoms with van der Waals surface area (Å²) in [6, 6.07) is 8.72. The molecule has 3 aliphatic heterocycles. The molecule has 202 valence electrons. The number of aliphatic hydroxyl groups is 1. The van der Waals surface area contributed by atoms with Crippen LogP contribution in [0.1, 0.15) is 60.2 Å². The Morgan fingerprint density at radius 1 is 1.15 bits per heavy atom. The van der Waals surface area contributed by atoms with Crippen molar-refractivity contribution in [2.45, 2.75) is 57.8 Å². The van der Waals surface area contributed by atoms with E-state index in [-0.39, 0.29) is 24.8 Å². The summed E-state index contributed by atoms with van der Waals surface area (Å²) in [5.41, 5.74) is 2.23. The maximum atomic E-state index is 13.1. The van der Waals surface area contributed by atoms with E-state index < -0.39 is 23.0 Å². The number of carbonyl (C=O) groups excluding carboxylic acids is 3. The van der Waals surface area contributed by atoms with Gasteiger partial charge in [0.15, 0.2) is 0 Å². The molecule has 0 bridgehead atoms. The fourth-order valence-electron chi connectivity index (χ4n) is 6.12. The minimum atomic E-state index is -1.09. The van der Waals surface area contributed by atoms with Crippen LogP contribution in [-0.2, 0) is 28.3 Å². The first-order valence-corrected chi connectivity index (χ1v) is 13.1. The first kappa shape index (κ1) is 25.3. The summed E-state index contributed by atoms with van der Waals surface area (Å²) in [6.07, 6.45) is 4.14. The smallest absolute Gasteiger partial charge is 0.255 e. The molecule has 2 atom stereocenters. The topological polar surface area (TPSA) is 142 Å². The second kappa shape index (κ2) is 9.35. The van der Waals surface area contributed by atoms with Crippen molar-refractivity contribution in [2.75, 3.05) is 13.1 Å². The number of pyridine rings is 1. The van der Waals surface area contributed by atoms with Crippen LogP contribution >= 0.6 is 0 Å². The summed E-state index contributed by atoms with van der Waals surface area (Å²) in [5, 5.41) is 18.2. The summed E-state index contributed by atoms with van der Waals surface area (Å²) in [7, 11) is 0. The lowest BCUT2D eigenvalue weighted by atomic mass is 9.66. The average molecular weight is 531 g/mol. The van der Waals surface area contributed by atoms with Crippen LogP contribution in [0.2, 0.25) is 0 Å². The molecule has 2 fully saturated rings. The average Bonchev–Trinajstić information content (AvgIpc) is 3.55. The van der Waals surface area contributed by atoms with Gasteiger partial charge in [0.1, 0.15) is 11.7 Å². The van der Waals surface area contributed by atoms with Crippen LogP contribution in [0, 0.1) is 5.41 Å². The number of likely N-dealkylation sites (tertiary alicyclic amines) is 1. The number of hydrogen-bond donors (Lipinski definition) is 2. The van der Waals surface area contributed by atoms with Crippen LogP contribution in [0.25, 0.3) is 11.5 Å². The molecule has 2 aromatic heterocycles. The van der Waals surface area contributed by atoms with Gasteiger partial charge in [0.05, 0.1) is 5.60 Å². The fraction of sp³-hybridized carbons (Fsp3) is 0.429. The molecule has 39 heavy (non-hydrogen) atoms. The SMILES string of the molecule is CC1(C)CN(Cc2ccc(-c3ncon3)nc2)CC[C@]1(O)c1ccc2c(c1)CN(C1CCC(=O)NC1=O)C2=O. The Balaban J connectivity index is 1.16. The summed E-state index contributed by atoms with van der Waals surface area (Å²) in [4.78, 5) is 49.4. The fourth-order valence-corrected chi connectivity index (χ4v) is 6.12. The number of amides is 3. The van der Waals surface area contributed by atoms with Crippen molar-refractivity contribution in [1.82, 2.24) is 30.2 Å². The number of benzene rings is 1. The zero-order chi connectivity index (χ0) is 27.4. The van der Waals surface area contributed by atoms with Gasteiger partial charge in [-0.3, -0.25) is 29.6 Å². The van der Waals surface area contributed by atoms with Gasteiger partial charge >= 0.3 is 0 Å². The molecule has 0 spiro atoms. The molecule has 11 heteroatoms. The molecule has 5 heterocycles. The van der Waals surface area contributed by atoms with E-state index in [4.69, 9.17) is 4.52 Å². The standard InChI is InChI=1S/C28H30N6O5/c1-27(2)15-33(13-17-3-6-21(29-12-17)24-30-16-39-32-24)10-9-28(27,38)19-4-5-20-18(11-19)14-34(26(20)37)22-7-8-23(35)31-25(22)36/h3-6,11-12,16,22,38H,7-10,13-15H2,1-2H3,(H,31,35,36)/t22?,28-/m0/s1. The zero-order valence-corrected chi connectivity index (χ0v) is 21.9. The Hall–Kier alpha value is -3.96. The van der Waals surface area contributed by atoms with Crippen LogP contribution in [0.15, 0.2) is 47.4 Å². The molecule has 0 saturated carbocycles.